The number of ether oxygens (including phenoxy) is 3. The highest BCUT2D eigenvalue weighted by Crippen LogP contribution is 2.42. The second-order valence-corrected chi connectivity index (χ2v) is 10.6. The van der Waals surface area contributed by atoms with Crippen molar-refractivity contribution in [1.82, 2.24) is 34.4 Å². The van der Waals surface area contributed by atoms with Crippen LogP contribution >= 0.6 is 0 Å². The lowest BCUT2D eigenvalue weighted by atomic mass is 10.0. The van der Waals surface area contributed by atoms with Crippen LogP contribution in [0.4, 0.5) is 20.3 Å². The first kappa shape index (κ1) is 26.3. The van der Waals surface area contributed by atoms with E-state index in [0.29, 0.717) is 46.1 Å². The van der Waals surface area contributed by atoms with Crippen molar-refractivity contribution in [3.8, 4) is 23.1 Å². The Kier molecular flexibility index (Phi) is 6.45. The average Bonchev–Trinajstić information content (AvgIpc) is 3.73. The number of likely N-dealkylation sites (tertiary alicyclic amines) is 1. The van der Waals surface area contributed by atoms with Crippen molar-refractivity contribution in [2.75, 3.05) is 25.5 Å². The van der Waals surface area contributed by atoms with Crippen LogP contribution in [-0.4, -0.2) is 72.7 Å². The number of anilines is 2. The smallest absolute Gasteiger partial charge is 0.296 e. The number of piperidine rings is 1. The van der Waals surface area contributed by atoms with Crippen molar-refractivity contribution in [3.63, 3.8) is 0 Å². The number of aromatic nitrogens is 6. The molecule has 1 atom stereocenters. The Hall–Kier alpha value is -4.65. The summed E-state index contributed by atoms with van der Waals surface area (Å²) in [6.45, 7) is 2.14. The van der Waals surface area contributed by atoms with E-state index in [2.05, 4.69) is 30.4 Å². The molecule has 1 saturated carbocycles. The third-order valence-corrected chi connectivity index (χ3v) is 7.60. The Morgan fingerprint density at radius 3 is 2.69 bits per heavy atom. The normalized spacial score (nSPS) is 18.7. The molecule has 1 aromatic carbocycles. The standard InChI is InChI=1S/C29H28F2N8O3/c1-17-11-18(3-6-22(17)41-20-7-10-39-24(12-20)34-16-36-39)37-27-25-21(33-15-35-27)13-32-28(40-2)26(25)42-23-8-9-38(19-4-5-19)14-29(23,30)31/h3,6-7,10-13,15-16,19,23H,4-5,8-9,14H2,1-2H3,(H,33,35,37)/t23-/m0/s1. The molecular weight excluding hydrogens is 546 g/mol. The van der Waals surface area contributed by atoms with Gasteiger partial charge in [0.25, 0.3) is 11.8 Å². The van der Waals surface area contributed by atoms with Crippen molar-refractivity contribution in [2.45, 2.75) is 44.3 Å². The van der Waals surface area contributed by atoms with Gasteiger partial charge in [-0.05, 0) is 49.6 Å². The Balaban J connectivity index is 1.17. The number of pyridine rings is 2. The molecule has 216 valence electrons. The van der Waals surface area contributed by atoms with Gasteiger partial charge < -0.3 is 19.5 Å². The minimum Gasteiger partial charge on any atom is -0.478 e. The Labute approximate surface area is 239 Å². The summed E-state index contributed by atoms with van der Waals surface area (Å²) >= 11 is 0. The number of fused-ring (bicyclic) bond motifs is 2. The molecule has 0 bridgehead atoms. The van der Waals surface area contributed by atoms with Gasteiger partial charge in [0.2, 0.25) is 0 Å². The maximum Gasteiger partial charge on any atom is 0.296 e. The molecule has 0 radical (unpaired) electrons. The molecule has 1 aliphatic carbocycles. The van der Waals surface area contributed by atoms with Crippen LogP contribution in [0.3, 0.4) is 0 Å². The topological polar surface area (TPSA) is 112 Å². The van der Waals surface area contributed by atoms with Gasteiger partial charge in [0.15, 0.2) is 17.5 Å². The van der Waals surface area contributed by atoms with Crippen molar-refractivity contribution >= 4 is 28.1 Å². The maximum absolute atomic E-state index is 15.3. The number of aryl methyl sites for hydroxylation is 1. The van der Waals surface area contributed by atoms with Crippen LogP contribution < -0.4 is 19.5 Å². The molecule has 7 rings (SSSR count). The van der Waals surface area contributed by atoms with Crippen LogP contribution in [0.15, 0.2) is 55.4 Å². The molecule has 2 aliphatic rings. The van der Waals surface area contributed by atoms with Crippen molar-refractivity contribution < 1.29 is 23.0 Å². The first-order valence-electron chi connectivity index (χ1n) is 13.7. The lowest BCUT2D eigenvalue weighted by Crippen LogP contribution is -2.54. The van der Waals surface area contributed by atoms with Gasteiger partial charge in [-0.1, -0.05) is 0 Å². The Morgan fingerprint density at radius 2 is 1.90 bits per heavy atom. The van der Waals surface area contributed by atoms with Crippen molar-refractivity contribution in [2.24, 2.45) is 0 Å². The summed E-state index contributed by atoms with van der Waals surface area (Å²) in [5, 5.41) is 7.80. The summed E-state index contributed by atoms with van der Waals surface area (Å²) in [5.41, 5.74) is 2.67. The average molecular weight is 575 g/mol. The molecule has 1 saturated heterocycles. The summed E-state index contributed by atoms with van der Waals surface area (Å²) in [7, 11) is 1.43. The van der Waals surface area contributed by atoms with E-state index in [0.717, 1.165) is 18.4 Å². The number of hydrogen-bond donors (Lipinski definition) is 1. The van der Waals surface area contributed by atoms with Gasteiger partial charge in [-0.15, -0.1) is 0 Å². The first-order chi connectivity index (χ1) is 20.4. The molecule has 11 nitrogen and oxygen atoms in total. The summed E-state index contributed by atoms with van der Waals surface area (Å²) in [6, 6.07) is 9.44. The summed E-state index contributed by atoms with van der Waals surface area (Å²) < 4.78 is 49.8. The predicted molar refractivity (Wildman–Crippen MR) is 150 cm³/mol. The van der Waals surface area contributed by atoms with E-state index in [9.17, 15) is 0 Å². The van der Waals surface area contributed by atoms with E-state index >= 15 is 8.78 Å². The molecular formula is C29H28F2N8O3. The molecule has 5 heterocycles. The predicted octanol–water partition coefficient (Wildman–Crippen LogP) is 5.17. The fourth-order valence-corrected chi connectivity index (χ4v) is 5.31. The third kappa shape index (κ3) is 5.00. The second-order valence-electron chi connectivity index (χ2n) is 10.6. The zero-order valence-electron chi connectivity index (χ0n) is 23.0. The summed E-state index contributed by atoms with van der Waals surface area (Å²) in [5.74, 6) is -1.20. The Morgan fingerprint density at radius 1 is 1.02 bits per heavy atom. The highest BCUT2D eigenvalue weighted by molar-refractivity contribution is 5.96. The number of benzene rings is 1. The molecule has 5 aromatic rings. The van der Waals surface area contributed by atoms with Gasteiger partial charge >= 0.3 is 0 Å². The quantitative estimate of drug-likeness (QED) is 0.266. The molecule has 2 fully saturated rings. The maximum atomic E-state index is 15.3. The fraction of sp³-hybridized carbons (Fsp3) is 0.345. The van der Waals surface area contributed by atoms with Crippen LogP contribution in [0.25, 0.3) is 16.6 Å². The fourth-order valence-electron chi connectivity index (χ4n) is 5.31. The molecule has 13 heteroatoms. The van der Waals surface area contributed by atoms with E-state index in [1.807, 2.05) is 36.1 Å². The van der Waals surface area contributed by atoms with Crippen LogP contribution in [0.5, 0.6) is 23.1 Å². The van der Waals surface area contributed by atoms with Crippen LogP contribution in [-0.2, 0) is 0 Å². The molecule has 4 aromatic heterocycles. The number of nitrogens with zero attached hydrogens (tertiary/aromatic N) is 7. The monoisotopic (exact) mass is 574 g/mol. The van der Waals surface area contributed by atoms with Gasteiger partial charge in [-0.25, -0.2) is 33.2 Å². The number of hydrogen-bond acceptors (Lipinski definition) is 10. The van der Waals surface area contributed by atoms with Crippen molar-refractivity contribution in [3.05, 3.63) is 60.9 Å². The van der Waals surface area contributed by atoms with Gasteiger partial charge in [0, 0.05) is 37.0 Å². The molecule has 0 amide bonds. The zero-order chi connectivity index (χ0) is 28.8. The summed E-state index contributed by atoms with van der Waals surface area (Å²) in [4.78, 5) is 19.1. The Bertz CT molecular complexity index is 1780. The molecule has 0 spiro atoms. The molecule has 1 aliphatic heterocycles. The van der Waals surface area contributed by atoms with Crippen LogP contribution in [0.2, 0.25) is 0 Å². The second kappa shape index (κ2) is 10.3. The van der Waals surface area contributed by atoms with Gasteiger partial charge in [-0.2, -0.15) is 5.10 Å². The lowest BCUT2D eigenvalue weighted by molar-refractivity contribution is -0.141. The highest BCUT2D eigenvalue weighted by Gasteiger charge is 2.49. The minimum atomic E-state index is -3.04. The number of nitrogens with one attached hydrogen (secondary N) is 1. The van der Waals surface area contributed by atoms with E-state index in [1.54, 1.807) is 16.8 Å². The zero-order valence-corrected chi connectivity index (χ0v) is 23.0. The number of alkyl halides is 2. The summed E-state index contributed by atoms with van der Waals surface area (Å²) in [6.07, 6.45) is 6.94. The molecule has 42 heavy (non-hydrogen) atoms. The third-order valence-electron chi connectivity index (χ3n) is 7.60. The highest BCUT2D eigenvalue weighted by atomic mass is 19.3. The van der Waals surface area contributed by atoms with Crippen LogP contribution in [0, 0.1) is 6.92 Å². The van der Waals surface area contributed by atoms with Crippen LogP contribution in [0.1, 0.15) is 24.8 Å². The van der Waals surface area contributed by atoms with E-state index in [4.69, 9.17) is 14.2 Å². The first-order valence-corrected chi connectivity index (χ1v) is 13.7. The largest absolute Gasteiger partial charge is 0.478 e. The molecule has 0 unspecified atom stereocenters. The van der Waals surface area contributed by atoms with E-state index < -0.39 is 12.0 Å². The number of methoxy groups -OCH3 is 1. The number of halogens is 2. The molecule has 1 N–H and O–H groups in total. The number of rotatable bonds is 8. The van der Waals surface area contributed by atoms with Crippen molar-refractivity contribution in [1.29, 1.82) is 0 Å². The minimum absolute atomic E-state index is 0.0863. The SMILES string of the molecule is COc1ncc2ncnc(Nc3ccc(Oc4ccn5ncnc5c4)c(C)c3)c2c1O[C@H]1CCN(C2CC2)CC1(F)F. The van der Waals surface area contributed by atoms with E-state index in [-0.39, 0.29) is 30.6 Å². The van der Waals surface area contributed by atoms with E-state index in [1.165, 1.54) is 26.0 Å². The lowest BCUT2D eigenvalue weighted by Gasteiger charge is -2.38. The van der Waals surface area contributed by atoms with Gasteiger partial charge in [-0.3, -0.25) is 4.90 Å². The van der Waals surface area contributed by atoms with Gasteiger partial charge in [0.1, 0.15) is 30.0 Å². The van der Waals surface area contributed by atoms with Gasteiger partial charge in [0.05, 0.1) is 30.8 Å².